The van der Waals surface area contributed by atoms with Crippen LogP contribution in [0.25, 0.3) is 33.2 Å². The van der Waals surface area contributed by atoms with Crippen molar-refractivity contribution in [3.05, 3.63) is 94.5 Å². The summed E-state index contributed by atoms with van der Waals surface area (Å²) >= 11 is 12.2. The molecule has 2 heterocycles. The van der Waals surface area contributed by atoms with Gasteiger partial charge in [-0.3, -0.25) is 5.43 Å². The minimum atomic E-state index is 0.598. The summed E-state index contributed by atoms with van der Waals surface area (Å²) in [6.07, 6.45) is 1.51. The summed E-state index contributed by atoms with van der Waals surface area (Å²) in [7, 11) is 0. The average Bonchev–Trinajstić information content (AvgIpc) is 2.78. The lowest BCUT2D eigenvalue weighted by atomic mass is 10.1. The molecular formula is C23H14Cl2N4O. The maximum absolute atomic E-state index is 6.22. The van der Waals surface area contributed by atoms with Gasteiger partial charge >= 0.3 is 0 Å². The monoisotopic (exact) mass is 432 g/mol. The SMILES string of the molecule is Clc1ccc(-c2c/c(=N\Nc3ncnc4ccccc34)c3cc(Cl)ccc3o2)cc1. The fraction of sp³-hybridized carbons (Fsp3) is 0. The first-order valence-electron chi connectivity index (χ1n) is 9.16. The van der Waals surface area contributed by atoms with Crippen LogP contribution in [0.3, 0.4) is 0 Å². The van der Waals surface area contributed by atoms with Crippen LogP contribution in [0.1, 0.15) is 0 Å². The Morgan fingerprint density at radius 1 is 0.800 bits per heavy atom. The van der Waals surface area contributed by atoms with Crippen molar-refractivity contribution in [1.29, 1.82) is 0 Å². The van der Waals surface area contributed by atoms with Crippen molar-refractivity contribution in [3.8, 4) is 11.3 Å². The van der Waals surface area contributed by atoms with Crippen molar-refractivity contribution >= 4 is 50.9 Å². The second-order valence-electron chi connectivity index (χ2n) is 6.61. The van der Waals surface area contributed by atoms with E-state index in [4.69, 9.17) is 27.6 Å². The Morgan fingerprint density at radius 2 is 1.60 bits per heavy atom. The van der Waals surface area contributed by atoms with E-state index in [2.05, 4.69) is 20.5 Å². The maximum Gasteiger partial charge on any atom is 0.157 e. The van der Waals surface area contributed by atoms with Gasteiger partial charge in [0.2, 0.25) is 0 Å². The van der Waals surface area contributed by atoms with E-state index in [0.717, 1.165) is 21.9 Å². The summed E-state index contributed by atoms with van der Waals surface area (Å²) in [4.78, 5) is 8.61. The Balaban J connectivity index is 1.68. The van der Waals surface area contributed by atoms with Gasteiger partial charge in [0.15, 0.2) is 5.82 Å². The minimum Gasteiger partial charge on any atom is -0.456 e. The van der Waals surface area contributed by atoms with Gasteiger partial charge in [-0.25, -0.2) is 9.97 Å². The molecule has 0 aliphatic rings. The standard InChI is InChI=1S/C23H14Cl2N4O/c24-15-7-5-14(6-8-15)22-12-20(18-11-16(25)9-10-21(18)30-22)28-29-23-17-3-1-2-4-19(17)26-13-27-23/h1-13H,(H,26,27,29)/b28-20+. The molecule has 5 nitrogen and oxygen atoms in total. The molecule has 0 saturated heterocycles. The smallest absolute Gasteiger partial charge is 0.157 e. The molecule has 0 unspecified atom stereocenters. The minimum absolute atomic E-state index is 0.598. The van der Waals surface area contributed by atoms with Gasteiger partial charge in [0.25, 0.3) is 0 Å². The molecule has 5 rings (SSSR count). The van der Waals surface area contributed by atoms with Crippen LogP contribution >= 0.6 is 23.2 Å². The van der Waals surface area contributed by atoms with E-state index in [1.54, 1.807) is 6.07 Å². The fourth-order valence-corrected chi connectivity index (χ4v) is 3.50. The zero-order valence-corrected chi connectivity index (χ0v) is 17.0. The third-order valence-electron chi connectivity index (χ3n) is 4.66. The number of hydrogen-bond acceptors (Lipinski definition) is 5. The second-order valence-corrected chi connectivity index (χ2v) is 7.48. The highest BCUT2D eigenvalue weighted by atomic mass is 35.5. The lowest BCUT2D eigenvalue weighted by Crippen LogP contribution is -2.08. The van der Waals surface area contributed by atoms with Crippen molar-refractivity contribution in [2.45, 2.75) is 0 Å². The summed E-state index contributed by atoms with van der Waals surface area (Å²) in [6, 6.07) is 22.5. The Labute approximate surface area is 181 Å². The van der Waals surface area contributed by atoms with E-state index in [9.17, 15) is 0 Å². The molecule has 0 aliphatic heterocycles. The van der Waals surface area contributed by atoms with Crippen LogP contribution in [0.5, 0.6) is 0 Å². The van der Waals surface area contributed by atoms with Crippen LogP contribution in [0.15, 0.2) is 88.6 Å². The van der Waals surface area contributed by atoms with Crippen molar-refractivity contribution < 1.29 is 4.42 Å². The largest absolute Gasteiger partial charge is 0.456 e. The number of nitrogens with zero attached hydrogens (tertiary/aromatic N) is 3. The molecule has 0 amide bonds. The topological polar surface area (TPSA) is 63.3 Å². The van der Waals surface area contributed by atoms with Crippen LogP contribution in [0.2, 0.25) is 10.0 Å². The van der Waals surface area contributed by atoms with Gasteiger partial charge in [-0.1, -0.05) is 35.3 Å². The molecule has 5 aromatic rings. The number of para-hydroxylation sites is 1. The summed E-state index contributed by atoms with van der Waals surface area (Å²) < 4.78 is 6.09. The molecule has 1 N–H and O–H groups in total. The van der Waals surface area contributed by atoms with E-state index in [1.807, 2.05) is 66.7 Å². The van der Waals surface area contributed by atoms with E-state index >= 15 is 0 Å². The molecule has 0 radical (unpaired) electrons. The number of halogens is 2. The number of benzene rings is 3. The van der Waals surface area contributed by atoms with Gasteiger partial charge in [-0.05, 0) is 54.6 Å². The quantitative estimate of drug-likeness (QED) is 0.340. The highest BCUT2D eigenvalue weighted by molar-refractivity contribution is 6.31. The van der Waals surface area contributed by atoms with Crippen molar-refractivity contribution in [3.63, 3.8) is 0 Å². The van der Waals surface area contributed by atoms with Crippen LogP contribution in [-0.4, -0.2) is 9.97 Å². The van der Waals surface area contributed by atoms with Crippen LogP contribution in [0, 0.1) is 0 Å². The molecule has 0 saturated carbocycles. The summed E-state index contributed by atoms with van der Waals surface area (Å²) in [5.74, 6) is 1.28. The van der Waals surface area contributed by atoms with Crippen molar-refractivity contribution in [2.24, 2.45) is 5.10 Å². The Bertz CT molecular complexity index is 1440. The lowest BCUT2D eigenvalue weighted by molar-refractivity contribution is 0.618. The first-order valence-corrected chi connectivity index (χ1v) is 9.92. The number of rotatable bonds is 3. The van der Waals surface area contributed by atoms with Crippen LogP contribution in [-0.2, 0) is 0 Å². The van der Waals surface area contributed by atoms with Gasteiger partial charge in [0.05, 0.1) is 10.9 Å². The fourth-order valence-electron chi connectivity index (χ4n) is 3.20. The second kappa shape index (κ2) is 7.78. The first-order chi connectivity index (χ1) is 14.7. The van der Waals surface area contributed by atoms with Gasteiger partial charge < -0.3 is 4.42 Å². The summed E-state index contributed by atoms with van der Waals surface area (Å²) in [6.45, 7) is 0. The number of anilines is 1. The third-order valence-corrected chi connectivity index (χ3v) is 5.15. The molecule has 0 fully saturated rings. The number of fused-ring (bicyclic) bond motifs is 2. The van der Waals surface area contributed by atoms with E-state index in [-0.39, 0.29) is 0 Å². The Kier molecular flexibility index (Phi) is 4.83. The lowest BCUT2D eigenvalue weighted by Gasteiger charge is -2.07. The highest BCUT2D eigenvalue weighted by Gasteiger charge is 2.08. The molecule has 0 bridgehead atoms. The van der Waals surface area contributed by atoms with Gasteiger partial charge in [0, 0.05) is 32.4 Å². The number of nitrogens with one attached hydrogen (secondary N) is 1. The Hall–Kier alpha value is -3.41. The number of hydrogen-bond donors (Lipinski definition) is 1. The van der Waals surface area contributed by atoms with Crippen molar-refractivity contribution in [2.75, 3.05) is 5.43 Å². The molecular weight excluding hydrogens is 419 g/mol. The normalized spacial score (nSPS) is 11.9. The summed E-state index contributed by atoms with van der Waals surface area (Å²) in [5, 5.41) is 8.21. The molecule has 30 heavy (non-hydrogen) atoms. The zero-order chi connectivity index (χ0) is 20.5. The van der Waals surface area contributed by atoms with Gasteiger partial charge in [-0.15, -0.1) is 0 Å². The van der Waals surface area contributed by atoms with Crippen molar-refractivity contribution in [1.82, 2.24) is 9.97 Å². The number of aromatic nitrogens is 2. The first kappa shape index (κ1) is 18.6. The van der Waals surface area contributed by atoms with Gasteiger partial charge in [-0.2, -0.15) is 5.10 Å². The van der Waals surface area contributed by atoms with Crippen LogP contribution in [0.4, 0.5) is 5.82 Å². The third kappa shape index (κ3) is 3.61. The van der Waals surface area contributed by atoms with E-state index < -0.39 is 0 Å². The zero-order valence-electron chi connectivity index (χ0n) is 15.5. The van der Waals surface area contributed by atoms with Gasteiger partial charge in [0.1, 0.15) is 17.7 Å². The maximum atomic E-state index is 6.22. The molecule has 3 aromatic carbocycles. The molecule has 146 valence electrons. The molecule has 0 aliphatic carbocycles. The predicted molar refractivity (Wildman–Crippen MR) is 120 cm³/mol. The van der Waals surface area contributed by atoms with E-state index in [0.29, 0.717) is 32.6 Å². The average molecular weight is 433 g/mol. The predicted octanol–water partition coefficient (Wildman–Crippen LogP) is 6.28. The highest BCUT2D eigenvalue weighted by Crippen LogP contribution is 2.25. The van der Waals surface area contributed by atoms with Crippen LogP contribution < -0.4 is 10.8 Å². The molecule has 0 spiro atoms. The molecule has 7 heteroatoms. The Morgan fingerprint density at radius 3 is 2.47 bits per heavy atom. The molecule has 2 aromatic heterocycles. The summed E-state index contributed by atoms with van der Waals surface area (Å²) in [5.41, 5.74) is 5.46. The van der Waals surface area contributed by atoms with E-state index in [1.165, 1.54) is 6.33 Å². The molecule has 0 atom stereocenters.